The lowest BCUT2D eigenvalue weighted by atomic mass is 9.96. The molecule has 2 amide bonds. The van der Waals surface area contributed by atoms with Crippen molar-refractivity contribution in [2.24, 2.45) is 11.8 Å². The number of nitrogens with zero attached hydrogens (tertiary/aromatic N) is 2. The molecule has 2 aliphatic rings. The molecule has 0 aliphatic carbocycles. The highest BCUT2D eigenvalue weighted by Crippen LogP contribution is 2.24. The van der Waals surface area contributed by atoms with Crippen molar-refractivity contribution in [3.63, 3.8) is 0 Å². The standard InChI is InChI=1S/C19H24N2O5/c22-17(13-26-16-6-2-1-3-7-16)20-9-4-5-14(11-20)18(23)21-10-8-15(12-21)19(24)25/h1-3,6-7,14-15H,4-5,8-13H2,(H,24,25). The van der Waals surface area contributed by atoms with Crippen LogP contribution in [0.5, 0.6) is 5.75 Å². The Labute approximate surface area is 152 Å². The molecule has 140 valence electrons. The van der Waals surface area contributed by atoms with Gasteiger partial charge >= 0.3 is 5.97 Å². The lowest BCUT2D eigenvalue weighted by Crippen LogP contribution is -2.47. The molecule has 2 heterocycles. The summed E-state index contributed by atoms with van der Waals surface area (Å²) in [7, 11) is 0. The number of carbonyl (C=O) groups is 3. The number of aliphatic carboxylic acids is 1. The zero-order chi connectivity index (χ0) is 18.5. The number of carboxylic acids is 1. The van der Waals surface area contributed by atoms with E-state index in [1.165, 1.54) is 0 Å². The average Bonchev–Trinajstić information content (AvgIpc) is 3.17. The number of carbonyl (C=O) groups excluding carboxylic acids is 2. The SMILES string of the molecule is O=C(O)C1CCN(C(=O)C2CCCN(C(=O)COc3ccccc3)C2)C1. The number of hydrogen-bond acceptors (Lipinski definition) is 4. The number of amides is 2. The molecule has 0 spiro atoms. The quantitative estimate of drug-likeness (QED) is 0.854. The first-order chi connectivity index (χ1) is 12.5. The molecule has 3 rings (SSSR count). The second-order valence-electron chi connectivity index (χ2n) is 6.89. The molecule has 0 radical (unpaired) electrons. The van der Waals surface area contributed by atoms with Crippen LogP contribution in [0.25, 0.3) is 0 Å². The first kappa shape index (κ1) is 18.2. The highest BCUT2D eigenvalue weighted by Gasteiger charge is 2.36. The predicted octanol–water partition coefficient (Wildman–Crippen LogP) is 1.24. The lowest BCUT2D eigenvalue weighted by molar-refractivity contribution is -0.142. The maximum atomic E-state index is 12.7. The van der Waals surface area contributed by atoms with E-state index in [9.17, 15) is 14.4 Å². The van der Waals surface area contributed by atoms with Gasteiger partial charge in [-0.15, -0.1) is 0 Å². The van der Waals surface area contributed by atoms with Gasteiger partial charge in [-0.25, -0.2) is 0 Å². The van der Waals surface area contributed by atoms with Gasteiger partial charge in [-0.05, 0) is 31.4 Å². The number of ether oxygens (including phenoxy) is 1. The Morgan fingerprint density at radius 3 is 2.42 bits per heavy atom. The summed E-state index contributed by atoms with van der Waals surface area (Å²) in [6, 6.07) is 9.15. The van der Waals surface area contributed by atoms with Crippen molar-refractivity contribution < 1.29 is 24.2 Å². The van der Waals surface area contributed by atoms with Gasteiger partial charge in [0, 0.05) is 26.2 Å². The summed E-state index contributed by atoms with van der Waals surface area (Å²) in [6.45, 7) is 1.71. The van der Waals surface area contributed by atoms with E-state index >= 15 is 0 Å². The van der Waals surface area contributed by atoms with Gasteiger partial charge in [-0.2, -0.15) is 0 Å². The van der Waals surface area contributed by atoms with E-state index in [2.05, 4.69) is 0 Å². The predicted molar refractivity (Wildman–Crippen MR) is 93.6 cm³/mol. The van der Waals surface area contributed by atoms with Crippen LogP contribution in [0.2, 0.25) is 0 Å². The molecule has 1 aromatic rings. The second kappa shape index (κ2) is 8.21. The molecule has 7 heteroatoms. The smallest absolute Gasteiger partial charge is 0.308 e. The summed E-state index contributed by atoms with van der Waals surface area (Å²) < 4.78 is 5.51. The van der Waals surface area contributed by atoms with Gasteiger partial charge in [0.05, 0.1) is 11.8 Å². The maximum Gasteiger partial charge on any atom is 0.308 e. The summed E-state index contributed by atoms with van der Waals surface area (Å²) in [5, 5.41) is 9.09. The van der Waals surface area contributed by atoms with Crippen molar-refractivity contribution in [3.8, 4) is 5.75 Å². The highest BCUT2D eigenvalue weighted by molar-refractivity contribution is 5.83. The van der Waals surface area contributed by atoms with Crippen molar-refractivity contribution in [1.29, 1.82) is 0 Å². The third-order valence-electron chi connectivity index (χ3n) is 5.08. The van der Waals surface area contributed by atoms with Crippen molar-refractivity contribution in [3.05, 3.63) is 30.3 Å². The Bertz CT molecular complexity index is 663. The van der Waals surface area contributed by atoms with Gasteiger partial charge in [0.1, 0.15) is 5.75 Å². The summed E-state index contributed by atoms with van der Waals surface area (Å²) in [4.78, 5) is 39.5. The first-order valence-corrected chi connectivity index (χ1v) is 9.02. The van der Waals surface area contributed by atoms with E-state index in [1.54, 1.807) is 21.9 Å². The Morgan fingerprint density at radius 2 is 1.73 bits per heavy atom. The number of para-hydroxylation sites is 1. The number of rotatable bonds is 5. The van der Waals surface area contributed by atoms with E-state index < -0.39 is 11.9 Å². The third-order valence-corrected chi connectivity index (χ3v) is 5.08. The van der Waals surface area contributed by atoms with Crippen LogP contribution in [0.3, 0.4) is 0 Å². The largest absolute Gasteiger partial charge is 0.484 e. The average molecular weight is 360 g/mol. The minimum atomic E-state index is -0.848. The molecule has 1 N–H and O–H groups in total. The Balaban J connectivity index is 1.51. The van der Waals surface area contributed by atoms with Crippen LogP contribution in [0.4, 0.5) is 0 Å². The molecule has 2 unspecified atom stereocenters. The summed E-state index contributed by atoms with van der Waals surface area (Å²) in [6.07, 6.45) is 2.00. The fourth-order valence-electron chi connectivity index (χ4n) is 3.58. The number of likely N-dealkylation sites (tertiary alicyclic amines) is 2. The van der Waals surface area contributed by atoms with Gasteiger partial charge in [0.2, 0.25) is 5.91 Å². The zero-order valence-electron chi connectivity index (χ0n) is 14.7. The lowest BCUT2D eigenvalue weighted by Gasteiger charge is -2.34. The van der Waals surface area contributed by atoms with Gasteiger partial charge in [0.15, 0.2) is 6.61 Å². The van der Waals surface area contributed by atoms with Crippen molar-refractivity contribution in [2.75, 3.05) is 32.8 Å². The number of benzene rings is 1. The van der Waals surface area contributed by atoms with Crippen LogP contribution >= 0.6 is 0 Å². The molecule has 2 fully saturated rings. The molecule has 0 aromatic heterocycles. The van der Waals surface area contributed by atoms with Gasteiger partial charge in [-0.3, -0.25) is 14.4 Å². The normalized spacial score (nSPS) is 22.9. The van der Waals surface area contributed by atoms with Crippen LogP contribution in [0, 0.1) is 11.8 Å². The molecule has 2 atom stereocenters. The van der Waals surface area contributed by atoms with Crippen LogP contribution in [0.15, 0.2) is 30.3 Å². The number of carboxylic acid groups (broad SMARTS) is 1. The van der Waals surface area contributed by atoms with Crippen LogP contribution in [-0.2, 0) is 14.4 Å². The van der Waals surface area contributed by atoms with Gasteiger partial charge in [0.25, 0.3) is 5.91 Å². The molecule has 7 nitrogen and oxygen atoms in total. The van der Waals surface area contributed by atoms with Crippen molar-refractivity contribution >= 4 is 17.8 Å². The van der Waals surface area contributed by atoms with E-state index in [-0.39, 0.29) is 30.9 Å². The molecule has 0 saturated carbocycles. The molecule has 1 aromatic carbocycles. The van der Waals surface area contributed by atoms with Crippen LogP contribution in [-0.4, -0.2) is 65.5 Å². The monoisotopic (exact) mass is 360 g/mol. The molecule has 2 aliphatic heterocycles. The fourth-order valence-corrected chi connectivity index (χ4v) is 3.58. The maximum absolute atomic E-state index is 12.7. The summed E-state index contributed by atoms with van der Waals surface area (Å²) in [5.74, 6) is -1.09. The zero-order valence-corrected chi connectivity index (χ0v) is 14.7. The Hall–Kier alpha value is -2.57. The Morgan fingerprint density at radius 1 is 1.00 bits per heavy atom. The molecule has 2 saturated heterocycles. The van der Waals surface area contributed by atoms with E-state index in [0.717, 1.165) is 12.8 Å². The van der Waals surface area contributed by atoms with Gasteiger partial charge in [-0.1, -0.05) is 18.2 Å². The van der Waals surface area contributed by atoms with Crippen LogP contribution < -0.4 is 4.74 Å². The second-order valence-corrected chi connectivity index (χ2v) is 6.89. The summed E-state index contributed by atoms with van der Waals surface area (Å²) >= 11 is 0. The fraction of sp³-hybridized carbons (Fsp3) is 0.526. The molecule has 26 heavy (non-hydrogen) atoms. The molecular formula is C19H24N2O5. The first-order valence-electron chi connectivity index (χ1n) is 9.02. The van der Waals surface area contributed by atoms with Gasteiger partial charge < -0.3 is 19.6 Å². The van der Waals surface area contributed by atoms with Crippen molar-refractivity contribution in [1.82, 2.24) is 9.80 Å². The van der Waals surface area contributed by atoms with E-state index in [0.29, 0.717) is 31.8 Å². The third kappa shape index (κ3) is 4.33. The van der Waals surface area contributed by atoms with E-state index in [4.69, 9.17) is 9.84 Å². The Kier molecular flexibility index (Phi) is 5.75. The minimum Gasteiger partial charge on any atom is -0.484 e. The topological polar surface area (TPSA) is 87.2 Å². The molecule has 0 bridgehead atoms. The summed E-state index contributed by atoms with van der Waals surface area (Å²) in [5.41, 5.74) is 0. The minimum absolute atomic E-state index is 0.0322. The highest BCUT2D eigenvalue weighted by atomic mass is 16.5. The molecular weight excluding hydrogens is 336 g/mol. The van der Waals surface area contributed by atoms with Crippen LogP contribution in [0.1, 0.15) is 19.3 Å². The van der Waals surface area contributed by atoms with E-state index in [1.807, 2.05) is 18.2 Å². The number of piperidine rings is 1. The number of hydrogen-bond donors (Lipinski definition) is 1. The van der Waals surface area contributed by atoms with Crippen molar-refractivity contribution in [2.45, 2.75) is 19.3 Å².